The Morgan fingerprint density at radius 3 is 2.32 bits per heavy atom. The third-order valence-corrected chi connectivity index (χ3v) is 4.33. The molecule has 1 heterocycles. The summed E-state index contributed by atoms with van der Waals surface area (Å²) in [6, 6.07) is 10.5. The molecule has 1 atom stereocenters. The molecule has 5 nitrogen and oxygen atoms in total. The molecule has 3 rings (SSSR count). The first-order chi connectivity index (χ1) is 11.8. The van der Waals surface area contributed by atoms with Gasteiger partial charge in [0.05, 0.1) is 11.4 Å². The Balaban J connectivity index is 1.91. The van der Waals surface area contributed by atoms with E-state index in [1.807, 2.05) is 0 Å². The topological polar surface area (TPSA) is 74.9 Å². The SMILES string of the molecule is ON=C1CC(c2ccc(OC(F)(F)F)cc2)(C(O)c2ccccn2)C1. The fourth-order valence-electron chi connectivity index (χ4n) is 3.11. The van der Waals surface area contributed by atoms with Gasteiger partial charge in [0.25, 0.3) is 0 Å². The second-order valence-electron chi connectivity index (χ2n) is 5.91. The zero-order chi connectivity index (χ0) is 18.1. The van der Waals surface area contributed by atoms with Crippen molar-refractivity contribution in [1.29, 1.82) is 0 Å². The second kappa shape index (κ2) is 6.36. The van der Waals surface area contributed by atoms with Gasteiger partial charge in [0.2, 0.25) is 0 Å². The molecule has 2 aromatic rings. The van der Waals surface area contributed by atoms with E-state index >= 15 is 0 Å². The van der Waals surface area contributed by atoms with E-state index in [4.69, 9.17) is 5.21 Å². The Morgan fingerprint density at radius 1 is 1.12 bits per heavy atom. The van der Waals surface area contributed by atoms with Crippen molar-refractivity contribution in [2.45, 2.75) is 30.7 Å². The predicted molar refractivity (Wildman–Crippen MR) is 82.5 cm³/mol. The Hall–Kier alpha value is -2.61. The van der Waals surface area contributed by atoms with Crippen molar-refractivity contribution in [3.63, 3.8) is 0 Å². The predicted octanol–water partition coefficient (Wildman–Crippen LogP) is 3.58. The summed E-state index contributed by atoms with van der Waals surface area (Å²) in [6.07, 6.45) is -3.65. The normalized spacial score (nSPS) is 21.4. The van der Waals surface area contributed by atoms with E-state index in [1.54, 1.807) is 24.4 Å². The first-order valence-corrected chi connectivity index (χ1v) is 7.49. The van der Waals surface area contributed by atoms with Crippen molar-refractivity contribution in [3.05, 3.63) is 59.9 Å². The van der Waals surface area contributed by atoms with Gasteiger partial charge in [0, 0.05) is 24.5 Å². The Labute approximate surface area is 141 Å². The van der Waals surface area contributed by atoms with Gasteiger partial charge in [-0.05, 0) is 29.8 Å². The number of hydrogen-bond donors (Lipinski definition) is 2. The number of halogens is 3. The molecular weight excluding hydrogens is 337 g/mol. The van der Waals surface area contributed by atoms with E-state index in [2.05, 4.69) is 14.9 Å². The molecule has 1 fully saturated rings. The number of aliphatic hydroxyl groups is 1. The molecule has 2 N–H and O–H groups in total. The summed E-state index contributed by atoms with van der Waals surface area (Å²) in [7, 11) is 0. The Bertz CT molecular complexity index is 753. The largest absolute Gasteiger partial charge is 0.573 e. The Morgan fingerprint density at radius 2 is 1.80 bits per heavy atom. The minimum absolute atomic E-state index is 0.278. The number of ether oxygens (including phenoxy) is 1. The highest BCUT2D eigenvalue weighted by Crippen LogP contribution is 2.50. The van der Waals surface area contributed by atoms with Crippen molar-refractivity contribution in [3.8, 4) is 5.75 Å². The van der Waals surface area contributed by atoms with Gasteiger partial charge in [-0.15, -0.1) is 13.2 Å². The zero-order valence-corrected chi connectivity index (χ0v) is 12.9. The van der Waals surface area contributed by atoms with Gasteiger partial charge < -0.3 is 15.1 Å². The van der Waals surface area contributed by atoms with Crippen molar-refractivity contribution in [2.75, 3.05) is 0 Å². The smallest absolute Gasteiger partial charge is 0.411 e. The van der Waals surface area contributed by atoms with E-state index in [9.17, 15) is 18.3 Å². The van der Waals surface area contributed by atoms with Gasteiger partial charge in [-0.1, -0.05) is 23.4 Å². The molecule has 1 unspecified atom stereocenters. The lowest BCUT2D eigenvalue weighted by molar-refractivity contribution is -0.274. The molecular formula is C17H15F3N2O3. The maximum absolute atomic E-state index is 12.3. The van der Waals surface area contributed by atoms with Crippen LogP contribution in [0.5, 0.6) is 5.75 Å². The zero-order valence-electron chi connectivity index (χ0n) is 12.9. The summed E-state index contributed by atoms with van der Waals surface area (Å²) in [5.74, 6) is -0.339. The quantitative estimate of drug-likeness (QED) is 0.652. The fraction of sp³-hybridized carbons (Fsp3) is 0.294. The number of rotatable bonds is 4. The molecule has 1 aromatic carbocycles. The molecule has 0 amide bonds. The highest BCUT2D eigenvalue weighted by atomic mass is 19.4. The number of hydrogen-bond acceptors (Lipinski definition) is 5. The van der Waals surface area contributed by atoms with Crippen LogP contribution >= 0.6 is 0 Å². The van der Waals surface area contributed by atoms with E-state index < -0.39 is 17.9 Å². The van der Waals surface area contributed by atoms with Crippen LogP contribution in [0.4, 0.5) is 13.2 Å². The number of aliphatic hydroxyl groups excluding tert-OH is 1. The number of pyridine rings is 1. The molecule has 1 aromatic heterocycles. The summed E-state index contributed by atoms with van der Waals surface area (Å²) >= 11 is 0. The summed E-state index contributed by atoms with van der Waals surface area (Å²) in [5.41, 5.74) is 0.750. The highest BCUT2D eigenvalue weighted by Gasteiger charge is 2.50. The maximum atomic E-state index is 12.3. The molecule has 25 heavy (non-hydrogen) atoms. The average molecular weight is 352 g/mol. The molecule has 0 aliphatic heterocycles. The third-order valence-electron chi connectivity index (χ3n) is 4.33. The van der Waals surface area contributed by atoms with Crippen LogP contribution in [-0.4, -0.2) is 27.4 Å². The average Bonchev–Trinajstić information content (AvgIpc) is 2.55. The van der Waals surface area contributed by atoms with Crippen LogP contribution in [0.2, 0.25) is 0 Å². The van der Waals surface area contributed by atoms with Crippen LogP contribution in [0.3, 0.4) is 0 Å². The molecule has 1 aliphatic carbocycles. The van der Waals surface area contributed by atoms with E-state index in [0.29, 0.717) is 17.0 Å². The van der Waals surface area contributed by atoms with Gasteiger partial charge in [-0.25, -0.2) is 0 Å². The van der Waals surface area contributed by atoms with E-state index in [-0.39, 0.29) is 18.6 Å². The van der Waals surface area contributed by atoms with Crippen LogP contribution in [0, 0.1) is 0 Å². The van der Waals surface area contributed by atoms with Crippen molar-refractivity contribution >= 4 is 5.71 Å². The number of benzene rings is 1. The molecule has 0 bridgehead atoms. The van der Waals surface area contributed by atoms with Crippen molar-refractivity contribution in [1.82, 2.24) is 4.98 Å². The lowest BCUT2D eigenvalue weighted by Gasteiger charge is -2.45. The van der Waals surface area contributed by atoms with Crippen LogP contribution in [-0.2, 0) is 5.41 Å². The maximum Gasteiger partial charge on any atom is 0.573 e. The van der Waals surface area contributed by atoms with Gasteiger partial charge in [-0.3, -0.25) is 4.98 Å². The van der Waals surface area contributed by atoms with E-state index in [1.165, 1.54) is 24.3 Å². The monoisotopic (exact) mass is 352 g/mol. The molecule has 0 spiro atoms. The highest BCUT2D eigenvalue weighted by molar-refractivity contribution is 5.93. The van der Waals surface area contributed by atoms with Crippen LogP contribution in [0.25, 0.3) is 0 Å². The first-order valence-electron chi connectivity index (χ1n) is 7.49. The number of oxime groups is 1. The molecule has 132 valence electrons. The van der Waals surface area contributed by atoms with Crippen molar-refractivity contribution in [2.24, 2.45) is 5.16 Å². The van der Waals surface area contributed by atoms with Crippen LogP contribution in [0.1, 0.15) is 30.2 Å². The third kappa shape index (κ3) is 3.43. The molecule has 0 radical (unpaired) electrons. The van der Waals surface area contributed by atoms with Gasteiger partial charge in [0.15, 0.2) is 0 Å². The van der Waals surface area contributed by atoms with Gasteiger partial charge in [-0.2, -0.15) is 0 Å². The number of alkyl halides is 3. The van der Waals surface area contributed by atoms with E-state index in [0.717, 1.165) is 0 Å². The lowest BCUT2D eigenvalue weighted by Crippen LogP contribution is -2.47. The summed E-state index contributed by atoms with van der Waals surface area (Å²) in [6.45, 7) is 0. The lowest BCUT2D eigenvalue weighted by atomic mass is 9.59. The molecule has 1 aliphatic rings. The second-order valence-corrected chi connectivity index (χ2v) is 5.91. The van der Waals surface area contributed by atoms with Crippen LogP contribution in [0.15, 0.2) is 53.8 Å². The summed E-state index contributed by atoms with van der Waals surface area (Å²) in [5, 5.41) is 22.9. The number of aromatic nitrogens is 1. The molecule has 0 saturated heterocycles. The number of nitrogens with zero attached hydrogens (tertiary/aromatic N) is 2. The standard InChI is InChI=1S/C17H15F3N2O3/c18-17(19,20)25-13-6-4-11(5-7-13)16(9-12(10-16)22-24)15(23)14-3-1-2-8-21-14/h1-8,15,23-24H,9-10H2. The Kier molecular flexibility index (Phi) is 4.38. The van der Waals surface area contributed by atoms with Gasteiger partial charge >= 0.3 is 6.36 Å². The summed E-state index contributed by atoms with van der Waals surface area (Å²) in [4.78, 5) is 4.14. The van der Waals surface area contributed by atoms with Crippen molar-refractivity contribution < 1.29 is 28.2 Å². The summed E-state index contributed by atoms with van der Waals surface area (Å²) < 4.78 is 40.7. The molecule has 1 saturated carbocycles. The minimum Gasteiger partial charge on any atom is -0.411 e. The van der Waals surface area contributed by atoms with Crippen LogP contribution < -0.4 is 4.74 Å². The minimum atomic E-state index is -4.76. The fourth-order valence-corrected chi connectivity index (χ4v) is 3.11. The first kappa shape index (κ1) is 17.2. The van der Waals surface area contributed by atoms with Gasteiger partial charge in [0.1, 0.15) is 11.9 Å². The molecule has 8 heteroatoms.